The largest absolute Gasteiger partial charge is 0.369 e. The fourth-order valence-electron chi connectivity index (χ4n) is 1.02. The van der Waals surface area contributed by atoms with Crippen LogP contribution in [0.4, 0.5) is 0 Å². The zero-order valence-electron chi connectivity index (χ0n) is 6.99. The Morgan fingerprint density at radius 1 is 1.54 bits per heavy atom. The van der Waals surface area contributed by atoms with E-state index in [4.69, 9.17) is 5.73 Å². The van der Waals surface area contributed by atoms with Gasteiger partial charge in [0, 0.05) is 6.42 Å². The normalized spacial score (nSPS) is 16.0. The van der Waals surface area contributed by atoms with Crippen LogP contribution in [-0.2, 0) is 19.2 Å². The van der Waals surface area contributed by atoms with Gasteiger partial charge in [-0.15, -0.1) is 0 Å². The van der Waals surface area contributed by atoms with Crippen molar-refractivity contribution >= 4 is 17.8 Å². The molecule has 0 atom stereocenters. The van der Waals surface area contributed by atoms with Crippen LogP contribution in [0.15, 0.2) is 0 Å². The second-order valence-electron chi connectivity index (χ2n) is 2.71. The Morgan fingerprint density at radius 2 is 2.23 bits per heavy atom. The topological polar surface area (TPSA) is 89.7 Å². The molecule has 13 heavy (non-hydrogen) atoms. The average molecular weight is 186 g/mol. The van der Waals surface area contributed by atoms with Crippen LogP contribution in [0.1, 0.15) is 19.3 Å². The zero-order chi connectivity index (χ0) is 9.84. The van der Waals surface area contributed by atoms with E-state index >= 15 is 0 Å². The monoisotopic (exact) mass is 186 g/mol. The first kappa shape index (κ1) is 9.50. The maximum Gasteiger partial charge on any atom is 0.341 e. The van der Waals surface area contributed by atoms with Gasteiger partial charge in [0.05, 0.1) is 6.54 Å². The van der Waals surface area contributed by atoms with Crippen LogP contribution in [0.3, 0.4) is 0 Å². The van der Waals surface area contributed by atoms with Gasteiger partial charge >= 0.3 is 5.97 Å². The molecule has 0 bridgehead atoms. The van der Waals surface area contributed by atoms with Crippen molar-refractivity contribution in [2.75, 3.05) is 6.54 Å². The number of rotatable bonds is 3. The summed E-state index contributed by atoms with van der Waals surface area (Å²) in [5, 5.41) is 0.964. The highest BCUT2D eigenvalue weighted by Crippen LogP contribution is 2.10. The van der Waals surface area contributed by atoms with Crippen LogP contribution in [0.5, 0.6) is 0 Å². The van der Waals surface area contributed by atoms with Gasteiger partial charge in [-0.25, -0.2) is 4.79 Å². The summed E-state index contributed by atoms with van der Waals surface area (Å²) in [5.74, 6) is -1.79. The smallest absolute Gasteiger partial charge is 0.341 e. The van der Waals surface area contributed by atoms with Gasteiger partial charge in [0.25, 0.3) is 5.91 Å². The number of hydrogen-bond donors (Lipinski definition) is 1. The Hall–Kier alpha value is -1.59. The second kappa shape index (κ2) is 3.88. The lowest BCUT2D eigenvalue weighted by Crippen LogP contribution is -2.30. The van der Waals surface area contributed by atoms with Gasteiger partial charge in [-0.1, -0.05) is 0 Å². The number of amides is 2. The van der Waals surface area contributed by atoms with Crippen molar-refractivity contribution in [1.29, 1.82) is 0 Å². The Labute approximate surface area is 74.6 Å². The molecular weight excluding hydrogens is 176 g/mol. The van der Waals surface area contributed by atoms with Crippen molar-refractivity contribution in [3.05, 3.63) is 0 Å². The SMILES string of the molecule is NC(=O)CC(=O)ON1CCCC1=O. The van der Waals surface area contributed by atoms with E-state index in [1.54, 1.807) is 0 Å². The molecule has 1 aliphatic rings. The molecule has 0 aromatic carbocycles. The molecule has 0 aromatic heterocycles. The molecule has 1 saturated heterocycles. The van der Waals surface area contributed by atoms with Crippen molar-refractivity contribution < 1.29 is 19.2 Å². The number of hydrogen-bond acceptors (Lipinski definition) is 4. The molecule has 0 aliphatic carbocycles. The summed E-state index contributed by atoms with van der Waals surface area (Å²) < 4.78 is 0. The van der Waals surface area contributed by atoms with Crippen molar-refractivity contribution in [1.82, 2.24) is 5.06 Å². The minimum Gasteiger partial charge on any atom is -0.369 e. The third-order valence-corrected chi connectivity index (χ3v) is 1.56. The molecule has 1 aliphatic heterocycles. The number of primary amides is 1. The van der Waals surface area contributed by atoms with Gasteiger partial charge in [0.1, 0.15) is 6.42 Å². The molecule has 2 N–H and O–H groups in total. The standard InChI is InChI=1S/C7H10N2O4/c8-5(10)4-7(12)13-9-3-1-2-6(9)11/h1-4H2,(H2,8,10). The highest BCUT2D eigenvalue weighted by Gasteiger charge is 2.24. The highest BCUT2D eigenvalue weighted by atomic mass is 16.7. The van der Waals surface area contributed by atoms with E-state index in [9.17, 15) is 14.4 Å². The molecular formula is C7H10N2O4. The Morgan fingerprint density at radius 3 is 2.69 bits per heavy atom. The third kappa shape index (κ3) is 2.73. The van der Waals surface area contributed by atoms with Crippen LogP contribution >= 0.6 is 0 Å². The van der Waals surface area contributed by atoms with Crippen molar-refractivity contribution in [3.8, 4) is 0 Å². The second-order valence-corrected chi connectivity index (χ2v) is 2.71. The fraction of sp³-hybridized carbons (Fsp3) is 0.571. The van der Waals surface area contributed by atoms with Gasteiger partial charge in [-0.3, -0.25) is 9.59 Å². The maximum atomic E-state index is 10.9. The van der Waals surface area contributed by atoms with Crippen molar-refractivity contribution in [2.45, 2.75) is 19.3 Å². The van der Waals surface area contributed by atoms with E-state index in [1.807, 2.05) is 0 Å². The highest BCUT2D eigenvalue weighted by molar-refractivity contribution is 5.93. The lowest BCUT2D eigenvalue weighted by atomic mass is 10.4. The molecule has 0 unspecified atom stereocenters. The fourth-order valence-corrected chi connectivity index (χ4v) is 1.02. The molecule has 1 rings (SSSR count). The van der Waals surface area contributed by atoms with Crippen molar-refractivity contribution in [3.63, 3.8) is 0 Å². The van der Waals surface area contributed by atoms with E-state index in [-0.39, 0.29) is 5.91 Å². The van der Waals surface area contributed by atoms with Crippen LogP contribution in [0, 0.1) is 0 Å². The molecule has 72 valence electrons. The maximum absolute atomic E-state index is 10.9. The predicted octanol–water partition coefficient (Wildman–Crippen LogP) is -1.06. The Balaban J connectivity index is 2.35. The number of nitrogens with two attached hydrogens (primary N) is 1. The zero-order valence-corrected chi connectivity index (χ0v) is 6.99. The van der Waals surface area contributed by atoms with E-state index < -0.39 is 18.3 Å². The first-order valence-electron chi connectivity index (χ1n) is 3.89. The van der Waals surface area contributed by atoms with Crippen LogP contribution in [0.2, 0.25) is 0 Å². The predicted molar refractivity (Wildman–Crippen MR) is 40.9 cm³/mol. The summed E-state index contributed by atoms with van der Waals surface area (Å²) in [6.07, 6.45) is 0.552. The van der Waals surface area contributed by atoms with E-state index in [2.05, 4.69) is 4.84 Å². The van der Waals surface area contributed by atoms with E-state index in [1.165, 1.54) is 0 Å². The summed E-state index contributed by atoms with van der Waals surface area (Å²) in [7, 11) is 0. The van der Waals surface area contributed by atoms with E-state index in [0.717, 1.165) is 5.06 Å². The minimum atomic E-state index is -0.789. The van der Waals surface area contributed by atoms with Gasteiger partial charge in [-0.05, 0) is 6.42 Å². The molecule has 2 amide bonds. The first-order valence-corrected chi connectivity index (χ1v) is 3.89. The summed E-state index contributed by atoms with van der Waals surface area (Å²) >= 11 is 0. The number of carbonyl (C=O) groups is 3. The third-order valence-electron chi connectivity index (χ3n) is 1.56. The van der Waals surface area contributed by atoms with Gasteiger partial charge < -0.3 is 10.6 Å². The molecule has 6 heteroatoms. The minimum absolute atomic E-state index is 0.238. The summed E-state index contributed by atoms with van der Waals surface area (Å²) in [6, 6.07) is 0. The van der Waals surface area contributed by atoms with Crippen LogP contribution in [0.25, 0.3) is 0 Å². The lowest BCUT2D eigenvalue weighted by molar-refractivity contribution is -0.192. The number of nitrogens with zero attached hydrogens (tertiary/aromatic N) is 1. The first-order chi connectivity index (χ1) is 6.09. The molecule has 1 heterocycles. The molecule has 0 aromatic rings. The van der Waals surface area contributed by atoms with Crippen molar-refractivity contribution in [2.24, 2.45) is 5.73 Å². The number of hydroxylamine groups is 2. The summed E-state index contributed by atoms with van der Waals surface area (Å²) in [6.45, 7) is 0.392. The molecule has 1 fully saturated rings. The number of carbonyl (C=O) groups excluding carboxylic acids is 3. The van der Waals surface area contributed by atoms with Gasteiger partial charge in [0.2, 0.25) is 5.91 Å². The van der Waals surface area contributed by atoms with Gasteiger partial charge in [-0.2, -0.15) is 5.06 Å². The molecule has 0 spiro atoms. The van der Waals surface area contributed by atoms with Gasteiger partial charge in [0.15, 0.2) is 0 Å². The summed E-state index contributed by atoms with van der Waals surface area (Å²) in [4.78, 5) is 36.6. The molecule has 0 radical (unpaired) electrons. The Kier molecular flexibility index (Phi) is 2.84. The molecule has 0 saturated carbocycles. The lowest BCUT2D eigenvalue weighted by Gasteiger charge is -2.13. The quantitative estimate of drug-likeness (QED) is 0.569. The van der Waals surface area contributed by atoms with Crippen LogP contribution in [-0.4, -0.2) is 29.4 Å². The molecule has 6 nitrogen and oxygen atoms in total. The summed E-state index contributed by atoms with van der Waals surface area (Å²) in [5.41, 5.74) is 4.76. The van der Waals surface area contributed by atoms with Crippen LogP contribution < -0.4 is 5.73 Å². The van der Waals surface area contributed by atoms with E-state index in [0.29, 0.717) is 19.4 Å². The average Bonchev–Trinajstić information content (AvgIpc) is 2.34. The Bertz CT molecular complexity index is 251.